The maximum atomic E-state index is 4.28. The van der Waals surface area contributed by atoms with Crippen LogP contribution in [-0.2, 0) is 10.8 Å². The van der Waals surface area contributed by atoms with E-state index in [0.717, 1.165) is 11.3 Å². The van der Waals surface area contributed by atoms with Gasteiger partial charge in [-0.15, -0.1) is 0 Å². The van der Waals surface area contributed by atoms with Gasteiger partial charge < -0.3 is 4.57 Å². The van der Waals surface area contributed by atoms with Crippen LogP contribution in [0.5, 0.6) is 0 Å². The van der Waals surface area contributed by atoms with Crippen molar-refractivity contribution in [2.24, 2.45) is 0 Å². The first-order valence-corrected chi connectivity index (χ1v) is 11.4. The molecule has 0 fully saturated rings. The minimum absolute atomic E-state index is 0.0937. The zero-order chi connectivity index (χ0) is 23.4. The van der Waals surface area contributed by atoms with Crippen LogP contribution in [0.3, 0.4) is 0 Å². The molecule has 2 heterocycles. The van der Waals surface area contributed by atoms with E-state index in [4.69, 9.17) is 0 Å². The number of hydrogen-bond donors (Lipinski definition) is 0. The van der Waals surface area contributed by atoms with Crippen molar-refractivity contribution < 1.29 is 0 Å². The third kappa shape index (κ3) is 3.80. The molecule has 0 saturated carbocycles. The summed E-state index contributed by atoms with van der Waals surface area (Å²) >= 11 is 0. The largest absolute Gasteiger partial charge is 0.309 e. The van der Waals surface area contributed by atoms with E-state index < -0.39 is 0 Å². The number of nitrogens with zero attached hydrogens (tertiary/aromatic N) is 4. The molecule has 0 bridgehead atoms. The van der Waals surface area contributed by atoms with Gasteiger partial charge in [0.1, 0.15) is 12.7 Å². The van der Waals surface area contributed by atoms with Gasteiger partial charge in [0.15, 0.2) is 5.82 Å². The van der Waals surface area contributed by atoms with Gasteiger partial charge in [-0.2, -0.15) is 0 Å². The standard InChI is InChI=1S/C29H30N4/c1-28(2,3)20-9-13-25-23(15-20)24-16-21(29(4,5)6)10-14-26(24)33(25)22-11-7-19(8-12-22)27-31-17-30-18-32-27/h7-18H,1-6H3. The molecule has 0 radical (unpaired) electrons. The summed E-state index contributed by atoms with van der Waals surface area (Å²) in [6.45, 7) is 13.6. The quantitative estimate of drug-likeness (QED) is 0.294. The Kier molecular flexibility index (Phi) is 4.86. The van der Waals surface area contributed by atoms with E-state index in [1.807, 2.05) is 0 Å². The molecule has 166 valence electrons. The van der Waals surface area contributed by atoms with Crippen LogP contribution >= 0.6 is 0 Å². The molecular formula is C29H30N4. The molecule has 3 aromatic carbocycles. The van der Waals surface area contributed by atoms with Gasteiger partial charge in [0.25, 0.3) is 0 Å². The maximum Gasteiger partial charge on any atom is 0.162 e. The fraction of sp³-hybridized carbons (Fsp3) is 0.276. The molecule has 0 aliphatic carbocycles. The van der Waals surface area contributed by atoms with E-state index in [1.54, 1.807) is 0 Å². The van der Waals surface area contributed by atoms with Crippen molar-refractivity contribution in [3.05, 3.63) is 84.4 Å². The maximum absolute atomic E-state index is 4.28. The molecule has 4 heteroatoms. The van der Waals surface area contributed by atoms with Crippen LogP contribution in [0.2, 0.25) is 0 Å². The second-order valence-corrected chi connectivity index (χ2v) is 10.8. The van der Waals surface area contributed by atoms with Crippen molar-refractivity contribution in [1.29, 1.82) is 0 Å². The summed E-state index contributed by atoms with van der Waals surface area (Å²) in [6, 6.07) is 22.3. The first-order valence-electron chi connectivity index (χ1n) is 11.4. The van der Waals surface area contributed by atoms with Crippen molar-refractivity contribution in [2.45, 2.75) is 52.4 Å². The van der Waals surface area contributed by atoms with Crippen LogP contribution in [0, 0.1) is 0 Å². The third-order valence-corrected chi connectivity index (χ3v) is 6.37. The summed E-state index contributed by atoms with van der Waals surface area (Å²) in [5.74, 6) is 0.684. The normalized spacial score (nSPS) is 12.5. The topological polar surface area (TPSA) is 43.6 Å². The fourth-order valence-corrected chi connectivity index (χ4v) is 4.38. The third-order valence-electron chi connectivity index (χ3n) is 6.37. The highest BCUT2D eigenvalue weighted by atomic mass is 15.0. The lowest BCUT2D eigenvalue weighted by Crippen LogP contribution is -2.10. The lowest BCUT2D eigenvalue weighted by molar-refractivity contribution is 0.590. The Balaban J connectivity index is 1.75. The Labute approximate surface area is 195 Å². The predicted molar refractivity (Wildman–Crippen MR) is 137 cm³/mol. The average molecular weight is 435 g/mol. The van der Waals surface area contributed by atoms with E-state index in [1.165, 1.54) is 45.6 Å². The van der Waals surface area contributed by atoms with Gasteiger partial charge in [0, 0.05) is 22.0 Å². The number of hydrogen-bond acceptors (Lipinski definition) is 3. The molecule has 0 N–H and O–H groups in total. The molecule has 2 aromatic heterocycles. The van der Waals surface area contributed by atoms with Crippen LogP contribution < -0.4 is 0 Å². The second kappa shape index (κ2) is 7.51. The summed E-state index contributed by atoms with van der Waals surface area (Å²) in [5.41, 5.74) is 7.42. The first kappa shape index (κ1) is 21.3. The number of rotatable bonds is 2. The number of aromatic nitrogens is 4. The SMILES string of the molecule is CC(C)(C)c1ccc2c(c1)c1cc(C(C)(C)C)ccc1n2-c1ccc(-c2ncncn2)cc1. The zero-order valence-electron chi connectivity index (χ0n) is 20.2. The van der Waals surface area contributed by atoms with Crippen LogP contribution in [0.15, 0.2) is 73.3 Å². The van der Waals surface area contributed by atoms with Gasteiger partial charge in [-0.3, -0.25) is 0 Å². The van der Waals surface area contributed by atoms with Gasteiger partial charge in [0.2, 0.25) is 0 Å². The molecule has 0 saturated heterocycles. The van der Waals surface area contributed by atoms with E-state index in [9.17, 15) is 0 Å². The van der Waals surface area contributed by atoms with Crippen molar-refractivity contribution in [2.75, 3.05) is 0 Å². The molecular weight excluding hydrogens is 404 g/mol. The van der Waals surface area contributed by atoms with Gasteiger partial charge in [-0.05, 0) is 70.5 Å². The number of fused-ring (bicyclic) bond motifs is 3. The highest BCUT2D eigenvalue weighted by Crippen LogP contribution is 2.37. The molecule has 0 unspecified atom stereocenters. The number of benzene rings is 3. The van der Waals surface area contributed by atoms with E-state index in [2.05, 4.69) is 122 Å². The summed E-state index contributed by atoms with van der Waals surface area (Å²) in [4.78, 5) is 12.5. The van der Waals surface area contributed by atoms with Crippen molar-refractivity contribution in [3.63, 3.8) is 0 Å². The predicted octanol–water partition coefficient (Wildman–Crippen LogP) is 7.23. The van der Waals surface area contributed by atoms with Gasteiger partial charge in [-0.25, -0.2) is 15.0 Å². The van der Waals surface area contributed by atoms with E-state index in [0.29, 0.717) is 5.82 Å². The minimum Gasteiger partial charge on any atom is -0.309 e. The van der Waals surface area contributed by atoms with Crippen LogP contribution in [-0.4, -0.2) is 19.5 Å². The van der Waals surface area contributed by atoms with E-state index in [-0.39, 0.29) is 10.8 Å². The Morgan fingerprint density at radius 1 is 0.606 bits per heavy atom. The first-order chi connectivity index (χ1) is 15.6. The smallest absolute Gasteiger partial charge is 0.162 e. The molecule has 0 atom stereocenters. The monoisotopic (exact) mass is 434 g/mol. The second-order valence-electron chi connectivity index (χ2n) is 10.8. The molecule has 4 nitrogen and oxygen atoms in total. The summed E-state index contributed by atoms with van der Waals surface area (Å²) in [5, 5.41) is 2.59. The van der Waals surface area contributed by atoms with E-state index >= 15 is 0 Å². The van der Waals surface area contributed by atoms with Crippen molar-refractivity contribution in [1.82, 2.24) is 19.5 Å². The summed E-state index contributed by atoms with van der Waals surface area (Å²) in [6.07, 6.45) is 3.06. The Morgan fingerprint density at radius 3 is 1.55 bits per heavy atom. The summed E-state index contributed by atoms with van der Waals surface area (Å²) < 4.78 is 2.36. The Hall–Kier alpha value is -3.53. The lowest BCUT2D eigenvalue weighted by atomic mass is 9.85. The van der Waals surface area contributed by atoms with Gasteiger partial charge in [0.05, 0.1) is 11.0 Å². The molecule has 0 amide bonds. The Bertz CT molecular complexity index is 1380. The minimum atomic E-state index is 0.0937. The van der Waals surface area contributed by atoms with Crippen LogP contribution in [0.4, 0.5) is 0 Å². The van der Waals surface area contributed by atoms with Crippen molar-refractivity contribution >= 4 is 21.8 Å². The van der Waals surface area contributed by atoms with Gasteiger partial charge in [-0.1, -0.05) is 53.7 Å². The molecule has 0 aliphatic heterocycles. The van der Waals surface area contributed by atoms with Crippen LogP contribution in [0.25, 0.3) is 38.9 Å². The molecule has 5 aromatic rings. The highest BCUT2D eigenvalue weighted by molar-refractivity contribution is 6.09. The van der Waals surface area contributed by atoms with Gasteiger partial charge >= 0.3 is 0 Å². The molecule has 5 rings (SSSR count). The fourth-order valence-electron chi connectivity index (χ4n) is 4.38. The average Bonchev–Trinajstić information content (AvgIpc) is 3.12. The lowest BCUT2D eigenvalue weighted by Gasteiger charge is -2.19. The molecule has 0 spiro atoms. The summed E-state index contributed by atoms with van der Waals surface area (Å²) in [7, 11) is 0. The van der Waals surface area contributed by atoms with Crippen molar-refractivity contribution in [3.8, 4) is 17.1 Å². The highest BCUT2D eigenvalue weighted by Gasteiger charge is 2.20. The molecule has 0 aliphatic rings. The Morgan fingerprint density at radius 2 is 1.09 bits per heavy atom. The zero-order valence-corrected chi connectivity index (χ0v) is 20.2. The van der Waals surface area contributed by atoms with Crippen LogP contribution in [0.1, 0.15) is 52.7 Å². The molecule has 33 heavy (non-hydrogen) atoms.